The number of aromatic nitrogens is 1. The van der Waals surface area contributed by atoms with Crippen LogP contribution in [0.15, 0.2) is 24.3 Å². The highest BCUT2D eigenvalue weighted by molar-refractivity contribution is 6.30. The number of benzene rings is 1. The summed E-state index contributed by atoms with van der Waals surface area (Å²) in [5.74, 6) is 0.517. The molecule has 0 unspecified atom stereocenters. The maximum Gasteiger partial charge on any atom is 0.239 e. The number of nitrogens with zero attached hydrogens (tertiary/aromatic N) is 4. The van der Waals surface area contributed by atoms with E-state index in [9.17, 15) is 10.1 Å². The Morgan fingerprint density at radius 3 is 2.44 bits per heavy atom. The van der Waals surface area contributed by atoms with E-state index in [4.69, 9.17) is 16.3 Å². The standard InChI is InChI=1S/C24H32ClN5O2/c1-18-19(2)30(9-4-14-32-3)24(22(18)15-26)27-23(31)17-29-12-10-28(11-13-29)16-20-5-7-21(25)8-6-20/h5-8H,4,9-14,16-17H2,1-3H3,(H,27,31). The largest absolute Gasteiger partial charge is 0.385 e. The van der Waals surface area contributed by atoms with E-state index in [2.05, 4.69) is 33.3 Å². The van der Waals surface area contributed by atoms with Gasteiger partial charge in [0.05, 0.1) is 12.1 Å². The van der Waals surface area contributed by atoms with Crippen molar-refractivity contribution < 1.29 is 9.53 Å². The number of nitriles is 1. The van der Waals surface area contributed by atoms with Gasteiger partial charge in [-0.3, -0.25) is 14.6 Å². The number of amides is 1. The van der Waals surface area contributed by atoms with Crippen molar-refractivity contribution in [3.63, 3.8) is 0 Å². The van der Waals surface area contributed by atoms with E-state index in [-0.39, 0.29) is 5.91 Å². The van der Waals surface area contributed by atoms with Crippen molar-refractivity contribution in [3.05, 3.63) is 51.7 Å². The number of carbonyl (C=O) groups excluding carboxylic acids is 1. The maximum absolute atomic E-state index is 12.8. The first kappa shape index (κ1) is 24.3. The van der Waals surface area contributed by atoms with Crippen LogP contribution in [0, 0.1) is 25.2 Å². The number of carbonyl (C=O) groups is 1. The zero-order chi connectivity index (χ0) is 23.1. The Bertz CT molecular complexity index is 956. The van der Waals surface area contributed by atoms with Crippen LogP contribution in [0.5, 0.6) is 0 Å². The predicted molar refractivity (Wildman–Crippen MR) is 127 cm³/mol. The van der Waals surface area contributed by atoms with Gasteiger partial charge in [0, 0.05) is 63.7 Å². The van der Waals surface area contributed by atoms with Gasteiger partial charge < -0.3 is 14.6 Å². The second-order valence-corrected chi connectivity index (χ2v) is 8.71. The molecule has 1 saturated heterocycles. The van der Waals surface area contributed by atoms with E-state index < -0.39 is 0 Å². The normalized spacial score (nSPS) is 15.0. The third-order valence-corrected chi connectivity index (χ3v) is 6.33. The monoisotopic (exact) mass is 457 g/mol. The number of anilines is 1. The first-order valence-corrected chi connectivity index (χ1v) is 11.4. The average molecular weight is 458 g/mol. The van der Waals surface area contributed by atoms with Gasteiger partial charge in [-0.15, -0.1) is 0 Å². The molecule has 1 aromatic carbocycles. The lowest BCUT2D eigenvalue weighted by Crippen LogP contribution is -2.48. The van der Waals surface area contributed by atoms with Crippen molar-refractivity contribution in [1.82, 2.24) is 14.4 Å². The summed E-state index contributed by atoms with van der Waals surface area (Å²) in [6.45, 7) is 9.92. The molecular weight excluding hydrogens is 426 g/mol. The molecule has 3 rings (SSSR count). The fourth-order valence-corrected chi connectivity index (χ4v) is 4.23. The van der Waals surface area contributed by atoms with Crippen molar-refractivity contribution in [2.24, 2.45) is 0 Å². The molecule has 0 radical (unpaired) electrons. The molecule has 1 N–H and O–H groups in total. The quantitative estimate of drug-likeness (QED) is 0.584. The van der Waals surface area contributed by atoms with E-state index >= 15 is 0 Å². The van der Waals surface area contributed by atoms with E-state index in [0.717, 1.165) is 55.4 Å². The van der Waals surface area contributed by atoms with E-state index in [1.807, 2.05) is 30.5 Å². The Balaban J connectivity index is 1.55. The van der Waals surface area contributed by atoms with E-state index in [1.54, 1.807) is 7.11 Å². The van der Waals surface area contributed by atoms with Crippen LogP contribution in [-0.2, 0) is 22.6 Å². The number of hydrogen-bond acceptors (Lipinski definition) is 5. The van der Waals surface area contributed by atoms with Gasteiger partial charge in [0.25, 0.3) is 0 Å². The van der Waals surface area contributed by atoms with Crippen LogP contribution in [0.3, 0.4) is 0 Å². The first-order valence-electron chi connectivity index (χ1n) is 11.0. The van der Waals surface area contributed by atoms with Crippen LogP contribution in [0.4, 0.5) is 5.82 Å². The molecule has 1 aromatic heterocycles. The molecule has 8 heteroatoms. The van der Waals surface area contributed by atoms with Crippen molar-refractivity contribution in [3.8, 4) is 6.07 Å². The van der Waals surface area contributed by atoms with E-state index in [0.29, 0.717) is 31.1 Å². The predicted octanol–water partition coefficient (Wildman–Crippen LogP) is 3.42. The van der Waals surface area contributed by atoms with Gasteiger partial charge in [-0.05, 0) is 43.5 Å². The molecule has 0 aliphatic carbocycles. The summed E-state index contributed by atoms with van der Waals surface area (Å²) in [5, 5.41) is 13.4. The molecule has 1 fully saturated rings. The molecule has 2 heterocycles. The molecule has 0 saturated carbocycles. The lowest BCUT2D eigenvalue weighted by molar-refractivity contribution is -0.117. The lowest BCUT2D eigenvalue weighted by atomic mass is 10.2. The molecule has 1 amide bonds. The fraction of sp³-hybridized carbons (Fsp3) is 0.500. The highest BCUT2D eigenvalue weighted by Gasteiger charge is 2.22. The summed E-state index contributed by atoms with van der Waals surface area (Å²) in [4.78, 5) is 17.4. The summed E-state index contributed by atoms with van der Waals surface area (Å²) >= 11 is 5.97. The molecule has 1 aliphatic rings. The Morgan fingerprint density at radius 2 is 1.81 bits per heavy atom. The van der Waals surface area contributed by atoms with Crippen LogP contribution in [-0.4, -0.2) is 66.7 Å². The van der Waals surface area contributed by atoms with Gasteiger partial charge in [-0.25, -0.2) is 0 Å². The Morgan fingerprint density at radius 1 is 1.16 bits per heavy atom. The van der Waals surface area contributed by atoms with Gasteiger partial charge >= 0.3 is 0 Å². The lowest BCUT2D eigenvalue weighted by Gasteiger charge is -2.34. The van der Waals surface area contributed by atoms with Crippen molar-refractivity contribution in [2.45, 2.75) is 33.4 Å². The van der Waals surface area contributed by atoms with Crippen molar-refractivity contribution in [2.75, 3.05) is 51.8 Å². The molecule has 0 bridgehead atoms. The Labute approximate surface area is 195 Å². The number of hydrogen-bond donors (Lipinski definition) is 1. The molecule has 32 heavy (non-hydrogen) atoms. The van der Waals surface area contributed by atoms with Crippen LogP contribution in [0.25, 0.3) is 0 Å². The third-order valence-electron chi connectivity index (χ3n) is 6.08. The average Bonchev–Trinajstić information content (AvgIpc) is 3.00. The third kappa shape index (κ3) is 6.11. The Hall–Kier alpha value is -2.37. The molecule has 172 valence electrons. The SMILES string of the molecule is COCCCn1c(C)c(C)c(C#N)c1NC(=O)CN1CCN(Cc2ccc(Cl)cc2)CC1. The van der Waals surface area contributed by atoms with Gasteiger partial charge in [-0.2, -0.15) is 5.26 Å². The van der Waals surface area contributed by atoms with Gasteiger partial charge in [0.1, 0.15) is 11.9 Å². The van der Waals surface area contributed by atoms with Crippen LogP contribution >= 0.6 is 11.6 Å². The summed E-state index contributed by atoms with van der Waals surface area (Å²) in [6, 6.07) is 10.2. The number of nitrogens with one attached hydrogen (secondary N) is 1. The minimum Gasteiger partial charge on any atom is -0.385 e. The number of ether oxygens (including phenoxy) is 1. The first-order chi connectivity index (χ1) is 15.4. The Kier molecular flexibility index (Phi) is 8.71. The highest BCUT2D eigenvalue weighted by Crippen LogP contribution is 2.26. The van der Waals surface area contributed by atoms with Gasteiger partial charge in [0.15, 0.2) is 0 Å². The summed E-state index contributed by atoms with van der Waals surface area (Å²) in [6.07, 6.45) is 0.814. The number of methoxy groups -OCH3 is 1. The summed E-state index contributed by atoms with van der Waals surface area (Å²) < 4.78 is 7.18. The van der Waals surface area contributed by atoms with E-state index in [1.165, 1.54) is 5.56 Å². The topological polar surface area (TPSA) is 73.5 Å². The number of rotatable bonds is 9. The molecular formula is C24H32ClN5O2. The maximum atomic E-state index is 12.8. The van der Waals surface area contributed by atoms with Crippen LogP contribution in [0.2, 0.25) is 5.02 Å². The minimum absolute atomic E-state index is 0.0851. The molecule has 7 nitrogen and oxygen atoms in total. The van der Waals surface area contributed by atoms with Gasteiger partial charge in [-0.1, -0.05) is 23.7 Å². The molecule has 1 aliphatic heterocycles. The van der Waals surface area contributed by atoms with Gasteiger partial charge in [0.2, 0.25) is 5.91 Å². The fourth-order valence-electron chi connectivity index (χ4n) is 4.11. The van der Waals surface area contributed by atoms with Crippen LogP contribution in [0.1, 0.15) is 28.8 Å². The number of halogens is 1. The number of piperazine rings is 1. The smallest absolute Gasteiger partial charge is 0.239 e. The summed E-state index contributed by atoms with van der Waals surface area (Å²) in [7, 11) is 1.67. The summed E-state index contributed by atoms with van der Waals surface area (Å²) in [5.41, 5.74) is 3.70. The second-order valence-electron chi connectivity index (χ2n) is 8.27. The zero-order valence-corrected chi connectivity index (χ0v) is 19.9. The molecule has 0 atom stereocenters. The van der Waals surface area contributed by atoms with Crippen LogP contribution < -0.4 is 5.32 Å². The zero-order valence-electron chi connectivity index (χ0n) is 19.2. The van der Waals surface area contributed by atoms with Crippen molar-refractivity contribution in [1.29, 1.82) is 5.26 Å². The van der Waals surface area contributed by atoms with Crippen molar-refractivity contribution >= 4 is 23.3 Å². The second kappa shape index (κ2) is 11.5. The molecule has 2 aromatic rings. The molecule has 0 spiro atoms. The highest BCUT2D eigenvalue weighted by atomic mass is 35.5. The minimum atomic E-state index is -0.0851.